The zero-order chi connectivity index (χ0) is 12.7. The molecule has 0 aromatic rings. The summed E-state index contributed by atoms with van der Waals surface area (Å²) in [7, 11) is 2.28. The van der Waals surface area contributed by atoms with E-state index in [0.717, 1.165) is 12.5 Å². The van der Waals surface area contributed by atoms with Gasteiger partial charge in [-0.3, -0.25) is 4.90 Å². The second kappa shape index (κ2) is 7.38. The molecule has 0 aromatic heterocycles. The molecule has 0 aromatic carbocycles. The van der Waals surface area contributed by atoms with Gasteiger partial charge in [0.05, 0.1) is 0 Å². The highest BCUT2D eigenvalue weighted by Gasteiger charge is 2.36. The molecule has 0 radical (unpaired) electrons. The molecule has 102 valence electrons. The first-order chi connectivity index (χ1) is 8.18. The number of nitrogens with two attached hydrogens (primary N) is 1. The number of nitrogens with zero attached hydrogens (tertiary/aromatic N) is 1. The van der Waals surface area contributed by atoms with Gasteiger partial charge in [-0.25, -0.2) is 0 Å². The summed E-state index contributed by atoms with van der Waals surface area (Å²) in [4.78, 5) is 2.55. The van der Waals surface area contributed by atoms with Crippen LogP contribution < -0.4 is 5.73 Å². The molecule has 0 aliphatic heterocycles. The maximum Gasteiger partial charge on any atom is 0.0328 e. The summed E-state index contributed by atoms with van der Waals surface area (Å²) in [6.07, 6.45) is 10.7. The Hall–Kier alpha value is -0.0800. The topological polar surface area (TPSA) is 29.3 Å². The molecule has 1 fully saturated rings. The molecule has 1 aliphatic carbocycles. The smallest absolute Gasteiger partial charge is 0.0328 e. The van der Waals surface area contributed by atoms with Crippen LogP contribution in [0.4, 0.5) is 0 Å². The van der Waals surface area contributed by atoms with Crippen molar-refractivity contribution >= 4 is 0 Å². The molecule has 0 amide bonds. The largest absolute Gasteiger partial charge is 0.329 e. The monoisotopic (exact) mass is 240 g/mol. The fraction of sp³-hybridized carbons (Fsp3) is 1.00. The van der Waals surface area contributed by atoms with Crippen molar-refractivity contribution in [1.29, 1.82) is 0 Å². The van der Waals surface area contributed by atoms with E-state index >= 15 is 0 Å². The van der Waals surface area contributed by atoms with Crippen LogP contribution >= 0.6 is 0 Å². The van der Waals surface area contributed by atoms with Crippen molar-refractivity contribution in [2.24, 2.45) is 11.7 Å². The van der Waals surface area contributed by atoms with Gasteiger partial charge in [0.25, 0.3) is 0 Å². The summed E-state index contributed by atoms with van der Waals surface area (Å²) in [5.74, 6) is 0.972. The van der Waals surface area contributed by atoms with Crippen molar-refractivity contribution < 1.29 is 0 Å². The van der Waals surface area contributed by atoms with Gasteiger partial charge in [-0.05, 0) is 51.6 Å². The molecule has 17 heavy (non-hydrogen) atoms. The third-order valence-electron chi connectivity index (χ3n) is 4.77. The van der Waals surface area contributed by atoms with Crippen molar-refractivity contribution in [1.82, 2.24) is 4.90 Å². The highest BCUT2D eigenvalue weighted by molar-refractivity contribution is 4.94. The van der Waals surface area contributed by atoms with Gasteiger partial charge in [-0.1, -0.05) is 33.1 Å². The Balaban J connectivity index is 2.48. The van der Waals surface area contributed by atoms with Crippen molar-refractivity contribution in [2.45, 2.75) is 70.8 Å². The second-order valence-corrected chi connectivity index (χ2v) is 5.94. The van der Waals surface area contributed by atoms with E-state index in [4.69, 9.17) is 5.73 Å². The Morgan fingerprint density at radius 1 is 1.18 bits per heavy atom. The fourth-order valence-corrected chi connectivity index (χ4v) is 3.29. The van der Waals surface area contributed by atoms with Gasteiger partial charge in [0.1, 0.15) is 0 Å². The molecule has 1 saturated carbocycles. The summed E-state index contributed by atoms with van der Waals surface area (Å²) >= 11 is 0. The van der Waals surface area contributed by atoms with Gasteiger partial charge in [-0.15, -0.1) is 0 Å². The maximum atomic E-state index is 6.09. The molecule has 0 atom stereocenters. The molecule has 0 spiro atoms. The van der Waals surface area contributed by atoms with E-state index in [0.29, 0.717) is 5.54 Å². The van der Waals surface area contributed by atoms with Gasteiger partial charge in [-0.2, -0.15) is 0 Å². The van der Waals surface area contributed by atoms with E-state index in [-0.39, 0.29) is 0 Å². The lowest BCUT2D eigenvalue weighted by Gasteiger charge is -2.46. The highest BCUT2D eigenvalue weighted by Crippen LogP contribution is 2.37. The molecule has 2 N–H and O–H groups in total. The third-order valence-corrected chi connectivity index (χ3v) is 4.77. The lowest BCUT2D eigenvalue weighted by atomic mass is 9.74. The highest BCUT2D eigenvalue weighted by atomic mass is 15.2. The van der Waals surface area contributed by atoms with Crippen molar-refractivity contribution in [3.05, 3.63) is 0 Å². The normalized spacial score (nSPS) is 29.8. The molecule has 0 bridgehead atoms. The summed E-state index contributed by atoms with van der Waals surface area (Å²) in [6, 6.07) is 0. The fourth-order valence-electron chi connectivity index (χ4n) is 3.29. The lowest BCUT2D eigenvalue weighted by molar-refractivity contribution is 0.0620. The summed E-state index contributed by atoms with van der Waals surface area (Å²) in [5.41, 5.74) is 6.41. The van der Waals surface area contributed by atoms with Gasteiger partial charge in [0, 0.05) is 12.1 Å². The molecule has 2 nitrogen and oxygen atoms in total. The average molecular weight is 240 g/mol. The van der Waals surface area contributed by atoms with Crippen LogP contribution in [0.15, 0.2) is 0 Å². The van der Waals surface area contributed by atoms with Crippen LogP contribution in [0.2, 0.25) is 0 Å². The van der Waals surface area contributed by atoms with Crippen LogP contribution in [0.1, 0.15) is 65.2 Å². The standard InChI is InChI=1S/C15H32N2/c1-4-6-12-17(3)15(13-16)10-8-14(7-5-2)9-11-15/h14H,4-13,16H2,1-3H3. The first-order valence-corrected chi connectivity index (χ1v) is 7.59. The minimum atomic E-state index is 0.319. The predicted molar refractivity (Wildman–Crippen MR) is 76.2 cm³/mol. The summed E-state index contributed by atoms with van der Waals surface area (Å²) in [6.45, 7) is 6.62. The van der Waals surface area contributed by atoms with Gasteiger partial charge < -0.3 is 5.73 Å². The average Bonchev–Trinajstić information content (AvgIpc) is 2.37. The Morgan fingerprint density at radius 2 is 1.82 bits per heavy atom. The summed E-state index contributed by atoms with van der Waals surface area (Å²) < 4.78 is 0. The predicted octanol–water partition coefficient (Wildman–Crippen LogP) is 3.41. The van der Waals surface area contributed by atoms with E-state index in [9.17, 15) is 0 Å². The number of rotatable bonds is 7. The molecule has 2 heteroatoms. The SMILES string of the molecule is CCCCN(C)C1(CN)CCC(CCC)CC1. The minimum Gasteiger partial charge on any atom is -0.329 e. The third kappa shape index (κ3) is 3.96. The van der Waals surface area contributed by atoms with Crippen molar-refractivity contribution in [3.8, 4) is 0 Å². The number of likely N-dealkylation sites (N-methyl/N-ethyl adjacent to an activating group) is 1. The Morgan fingerprint density at radius 3 is 2.29 bits per heavy atom. The molecular formula is C15H32N2. The van der Waals surface area contributed by atoms with Crippen molar-refractivity contribution in [3.63, 3.8) is 0 Å². The van der Waals surface area contributed by atoms with E-state index < -0.39 is 0 Å². The van der Waals surface area contributed by atoms with Crippen molar-refractivity contribution in [2.75, 3.05) is 20.1 Å². The first kappa shape index (κ1) is 15.0. The van der Waals surface area contributed by atoms with E-state index in [1.54, 1.807) is 0 Å². The Labute approximate surface area is 108 Å². The van der Waals surface area contributed by atoms with Crippen LogP contribution in [0, 0.1) is 5.92 Å². The molecule has 1 aliphatic rings. The summed E-state index contributed by atoms with van der Waals surface area (Å²) in [5, 5.41) is 0. The van der Waals surface area contributed by atoms with Crippen LogP contribution in [0.5, 0.6) is 0 Å². The second-order valence-electron chi connectivity index (χ2n) is 5.94. The van der Waals surface area contributed by atoms with Crippen LogP contribution in [-0.2, 0) is 0 Å². The van der Waals surface area contributed by atoms with Crippen LogP contribution in [0.25, 0.3) is 0 Å². The number of unbranched alkanes of at least 4 members (excludes halogenated alkanes) is 1. The number of hydrogen-bond acceptors (Lipinski definition) is 2. The Bertz CT molecular complexity index is 195. The van der Waals surface area contributed by atoms with Crippen LogP contribution in [0.3, 0.4) is 0 Å². The zero-order valence-corrected chi connectivity index (χ0v) is 12.2. The van der Waals surface area contributed by atoms with Gasteiger partial charge in [0.15, 0.2) is 0 Å². The van der Waals surface area contributed by atoms with Gasteiger partial charge >= 0.3 is 0 Å². The molecule has 0 unspecified atom stereocenters. The molecule has 1 rings (SSSR count). The Kier molecular flexibility index (Phi) is 6.50. The van der Waals surface area contributed by atoms with Crippen LogP contribution in [-0.4, -0.2) is 30.6 Å². The van der Waals surface area contributed by atoms with E-state index in [1.165, 1.54) is 57.9 Å². The van der Waals surface area contributed by atoms with Gasteiger partial charge in [0.2, 0.25) is 0 Å². The molecular weight excluding hydrogens is 208 g/mol. The van der Waals surface area contributed by atoms with E-state index in [2.05, 4.69) is 25.8 Å². The van der Waals surface area contributed by atoms with E-state index in [1.807, 2.05) is 0 Å². The zero-order valence-electron chi connectivity index (χ0n) is 12.2. The quantitative estimate of drug-likeness (QED) is 0.739. The maximum absolute atomic E-state index is 6.09. The molecule has 0 heterocycles. The molecule has 0 saturated heterocycles. The first-order valence-electron chi connectivity index (χ1n) is 7.59. The minimum absolute atomic E-state index is 0.319. The lowest BCUT2D eigenvalue weighted by Crippen LogP contribution is -2.54. The number of hydrogen-bond donors (Lipinski definition) is 1.